The smallest absolute Gasteiger partial charge is 0.256 e. The zero-order chi connectivity index (χ0) is 17.6. The van der Waals surface area contributed by atoms with Crippen molar-refractivity contribution in [2.45, 2.75) is 31.7 Å². The van der Waals surface area contributed by atoms with E-state index >= 15 is 0 Å². The molecule has 0 aliphatic heterocycles. The fourth-order valence-electron chi connectivity index (χ4n) is 3.09. The Labute approximate surface area is 146 Å². The lowest BCUT2D eigenvalue weighted by Crippen LogP contribution is -2.44. The summed E-state index contributed by atoms with van der Waals surface area (Å²) < 4.78 is 5.63. The Hall–Kier alpha value is -2.89. The number of para-hydroxylation sites is 1. The first-order valence-corrected chi connectivity index (χ1v) is 8.42. The third-order valence-corrected chi connectivity index (χ3v) is 4.30. The number of hydrogen-bond acceptors (Lipinski definition) is 4. The van der Waals surface area contributed by atoms with Crippen molar-refractivity contribution in [3.63, 3.8) is 0 Å². The number of nitrogens with two attached hydrogens (primary N) is 1. The highest BCUT2D eigenvalue weighted by atomic mass is 16.5. The van der Waals surface area contributed by atoms with Crippen LogP contribution in [0.4, 0.5) is 0 Å². The monoisotopic (exact) mass is 339 g/mol. The number of carbonyl (C=O) groups is 2. The van der Waals surface area contributed by atoms with Gasteiger partial charge in [0.2, 0.25) is 11.8 Å². The van der Waals surface area contributed by atoms with Crippen molar-refractivity contribution in [1.82, 2.24) is 9.88 Å². The molecule has 0 atom stereocenters. The lowest BCUT2D eigenvalue weighted by molar-refractivity contribution is -0.119. The molecule has 3 rings (SSSR count). The van der Waals surface area contributed by atoms with Gasteiger partial charge in [-0.15, -0.1) is 0 Å². The van der Waals surface area contributed by atoms with Crippen LogP contribution >= 0.6 is 0 Å². The maximum Gasteiger partial charge on any atom is 0.256 e. The van der Waals surface area contributed by atoms with E-state index in [9.17, 15) is 9.59 Å². The summed E-state index contributed by atoms with van der Waals surface area (Å²) in [6.07, 6.45) is 5.41. The molecule has 1 aliphatic carbocycles. The van der Waals surface area contributed by atoms with Crippen LogP contribution in [-0.4, -0.2) is 34.3 Å². The van der Waals surface area contributed by atoms with Gasteiger partial charge in [0.1, 0.15) is 5.75 Å². The largest absolute Gasteiger partial charge is 0.439 e. The molecular formula is C19H21N3O3. The maximum atomic E-state index is 12.8. The summed E-state index contributed by atoms with van der Waals surface area (Å²) in [5, 5.41) is 0. The predicted molar refractivity (Wildman–Crippen MR) is 93.2 cm³/mol. The summed E-state index contributed by atoms with van der Waals surface area (Å²) in [5.41, 5.74) is 5.74. The second kappa shape index (κ2) is 7.79. The zero-order valence-electron chi connectivity index (χ0n) is 13.9. The lowest BCUT2D eigenvalue weighted by Gasteiger charge is -2.27. The van der Waals surface area contributed by atoms with Crippen molar-refractivity contribution in [2.75, 3.05) is 6.54 Å². The van der Waals surface area contributed by atoms with Crippen molar-refractivity contribution in [3.8, 4) is 11.6 Å². The van der Waals surface area contributed by atoms with Crippen molar-refractivity contribution in [1.29, 1.82) is 0 Å². The third kappa shape index (κ3) is 4.35. The van der Waals surface area contributed by atoms with Gasteiger partial charge in [-0.05, 0) is 31.0 Å². The third-order valence-electron chi connectivity index (χ3n) is 4.30. The van der Waals surface area contributed by atoms with Crippen LogP contribution in [0.3, 0.4) is 0 Å². The molecule has 1 aromatic carbocycles. The Balaban J connectivity index is 1.72. The average molecular weight is 339 g/mol. The molecule has 130 valence electrons. The van der Waals surface area contributed by atoms with E-state index < -0.39 is 5.91 Å². The lowest BCUT2D eigenvalue weighted by atomic mass is 10.1. The molecule has 1 aliphatic rings. The number of carbonyl (C=O) groups excluding carboxylic acids is 2. The molecule has 6 nitrogen and oxygen atoms in total. The number of benzene rings is 1. The highest BCUT2D eigenvalue weighted by Crippen LogP contribution is 2.25. The summed E-state index contributed by atoms with van der Waals surface area (Å²) in [4.78, 5) is 29.9. The minimum absolute atomic E-state index is 0.0637. The molecule has 0 spiro atoms. The van der Waals surface area contributed by atoms with Crippen molar-refractivity contribution in [2.24, 2.45) is 5.73 Å². The van der Waals surface area contributed by atoms with Crippen LogP contribution in [0, 0.1) is 0 Å². The highest BCUT2D eigenvalue weighted by Gasteiger charge is 2.28. The minimum atomic E-state index is -0.503. The predicted octanol–water partition coefficient (Wildman–Crippen LogP) is 2.74. The van der Waals surface area contributed by atoms with Crippen molar-refractivity contribution >= 4 is 11.8 Å². The normalized spacial score (nSPS) is 14.2. The summed E-state index contributed by atoms with van der Waals surface area (Å²) in [5.74, 6) is 0.363. The van der Waals surface area contributed by atoms with E-state index in [1.54, 1.807) is 17.0 Å². The molecule has 0 unspecified atom stereocenters. The second-order valence-electron chi connectivity index (χ2n) is 6.14. The van der Waals surface area contributed by atoms with E-state index in [-0.39, 0.29) is 18.5 Å². The molecule has 1 heterocycles. The standard InChI is InChI=1S/C19H21N3O3/c20-17(23)13-22(15-6-4-5-7-15)19(24)14-10-11-18(21-12-14)25-16-8-2-1-3-9-16/h1-3,8-12,15H,4-7,13H2,(H2,20,23). The van der Waals surface area contributed by atoms with Gasteiger partial charge in [-0.25, -0.2) is 4.98 Å². The molecule has 0 saturated heterocycles. The first kappa shape index (κ1) is 17.0. The molecular weight excluding hydrogens is 318 g/mol. The summed E-state index contributed by atoms with van der Waals surface area (Å²) in [7, 11) is 0. The molecule has 0 radical (unpaired) electrons. The SMILES string of the molecule is NC(=O)CN(C(=O)c1ccc(Oc2ccccc2)nc1)C1CCCC1. The fourth-order valence-corrected chi connectivity index (χ4v) is 3.09. The Bertz CT molecular complexity index is 725. The van der Waals surface area contributed by atoms with Gasteiger partial charge in [0.15, 0.2) is 0 Å². The van der Waals surface area contributed by atoms with Crippen LogP contribution in [0.15, 0.2) is 48.7 Å². The van der Waals surface area contributed by atoms with Crippen molar-refractivity contribution in [3.05, 3.63) is 54.2 Å². The van der Waals surface area contributed by atoms with E-state index in [0.717, 1.165) is 25.7 Å². The van der Waals surface area contributed by atoms with E-state index in [4.69, 9.17) is 10.5 Å². The van der Waals surface area contributed by atoms with Gasteiger partial charge in [-0.3, -0.25) is 9.59 Å². The van der Waals surface area contributed by atoms with Crippen LogP contribution < -0.4 is 10.5 Å². The van der Waals surface area contributed by atoms with Gasteiger partial charge in [0.05, 0.1) is 12.1 Å². The molecule has 2 aromatic rings. The topological polar surface area (TPSA) is 85.5 Å². The highest BCUT2D eigenvalue weighted by molar-refractivity contribution is 5.96. The van der Waals surface area contributed by atoms with Crippen LogP contribution in [0.1, 0.15) is 36.0 Å². The zero-order valence-corrected chi connectivity index (χ0v) is 13.9. The summed E-state index contributed by atoms with van der Waals surface area (Å²) >= 11 is 0. The first-order chi connectivity index (χ1) is 12.1. The van der Waals surface area contributed by atoms with Gasteiger partial charge in [0, 0.05) is 18.3 Å². The second-order valence-corrected chi connectivity index (χ2v) is 6.14. The van der Waals surface area contributed by atoms with Crippen LogP contribution in [0.2, 0.25) is 0 Å². The first-order valence-electron chi connectivity index (χ1n) is 8.42. The number of hydrogen-bond donors (Lipinski definition) is 1. The van der Waals surface area contributed by atoms with E-state index in [0.29, 0.717) is 17.2 Å². The number of amides is 2. The average Bonchev–Trinajstić information content (AvgIpc) is 3.15. The molecule has 1 aromatic heterocycles. The number of ether oxygens (including phenoxy) is 1. The molecule has 25 heavy (non-hydrogen) atoms. The number of primary amides is 1. The van der Waals surface area contributed by atoms with Crippen LogP contribution in [0.25, 0.3) is 0 Å². The summed E-state index contributed by atoms with van der Waals surface area (Å²) in [6, 6.07) is 12.7. The van der Waals surface area contributed by atoms with E-state index in [1.807, 2.05) is 30.3 Å². The Morgan fingerprint density at radius 1 is 1.12 bits per heavy atom. The van der Waals surface area contributed by atoms with Gasteiger partial charge >= 0.3 is 0 Å². The van der Waals surface area contributed by atoms with Crippen molar-refractivity contribution < 1.29 is 14.3 Å². The molecule has 0 bridgehead atoms. The van der Waals surface area contributed by atoms with Gasteiger partial charge < -0.3 is 15.4 Å². The Kier molecular flexibility index (Phi) is 5.28. The Morgan fingerprint density at radius 3 is 2.44 bits per heavy atom. The van der Waals surface area contributed by atoms with Gasteiger partial charge in [-0.2, -0.15) is 0 Å². The molecule has 2 amide bonds. The van der Waals surface area contributed by atoms with Gasteiger partial charge in [0.25, 0.3) is 5.91 Å². The molecule has 2 N–H and O–H groups in total. The van der Waals surface area contributed by atoms with Crippen LogP contribution in [0.5, 0.6) is 11.6 Å². The Morgan fingerprint density at radius 2 is 1.84 bits per heavy atom. The molecule has 1 saturated carbocycles. The maximum absolute atomic E-state index is 12.8. The number of rotatable bonds is 6. The number of pyridine rings is 1. The summed E-state index contributed by atoms with van der Waals surface area (Å²) in [6.45, 7) is -0.0637. The fraction of sp³-hybridized carbons (Fsp3) is 0.316. The molecule has 6 heteroatoms. The number of aromatic nitrogens is 1. The minimum Gasteiger partial charge on any atom is -0.439 e. The quantitative estimate of drug-likeness (QED) is 0.877. The molecule has 1 fully saturated rings. The van der Waals surface area contributed by atoms with E-state index in [1.165, 1.54) is 6.20 Å². The van der Waals surface area contributed by atoms with E-state index in [2.05, 4.69) is 4.98 Å². The van der Waals surface area contributed by atoms with Crippen LogP contribution in [-0.2, 0) is 4.79 Å². The number of nitrogens with zero attached hydrogens (tertiary/aromatic N) is 2. The van der Waals surface area contributed by atoms with Gasteiger partial charge in [-0.1, -0.05) is 31.0 Å².